The fourth-order valence-electron chi connectivity index (χ4n) is 1.07. The summed E-state index contributed by atoms with van der Waals surface area (Å²) in [5, 5.41) is 6.86. The lowest BCUT2D eigenvalue weighted by Crippen LogP contribution is -2.46. The summed E-state index contributed by atoms with van der Waals surface area (Å²) in [4.78, 5) is 0. The van der Waals surface area contributed by atoms with Crippen molar-refractivity contribution >= 4 is 17.3 Å². The van der Waals surface area contributed by atoms with Crippen LogP contribution in [0.4, 0.5) is 0 Å². The smallest absolute Gasteiger partial charge is 0.166 e. The highest BCUT2D eigenvalue weighted by Gasteiger charge is 2.06. The topological polar surface area (TPSA) is 42.5 Å². The number of hydrogen-bond acceptors (Lipinski definition) is 3. The minimum Gasteiger partial charge on any atom is -0.383 e. The van der Waals surface area contributed by atoms with Crippen LogP contribution in [0.1, 0.15) is 13.8 Å². The second kappa shape index (κ2) is 7.96. The Balaban J connectivity index is 3.63. The van der Waals surface area contributed by atoms with Crippen molar-refractivity contribution in [3.8, 4) is 0 Å². The maximum Gasteiger partial charge on any atom is 0.166 e. The molecule has 0 radical (unpaired) electrons. The van der Waals surface area contributed by atoms with E-state index in [1.807, 2.05) is 13.8 Å². The van der Waals surface area contributed by atoms with Gasteiger partial charge in [-0.2, -0.15) is 0 Å². The highest BCUT2D eigenvalue weighted by molar-refractivity contribution is 7.80. The summed E-state index contributed by atoms with van der Waals surface area (Å²) in [5.41, 5.74) is 0. The molecule has 4 nitrogen and oxygen atoms in total. The first kappa shape index (κ1) is 13.6. The van der Waals surface area contributed by atoms with E-state index in [4.69, 9.17) is 21.7 Å². The van der Waals surface area contributed by atoms with Gasteiger partial charge in [-0.25, -0.2) is 0 Å². The largest absolute Gasteiger partial charge is 0.383 e. The molecule has 2 N–H and O–H groups in total. The van der Waals surface area contributed by atoms with E-state index in [1.54, 1.807) is 14.2 Å². The summed E-state index contributed by atoms with van der Waals surface area (Å²) in [7, 11) is 3.34. The molecule has 0 amide bonds. The Morgan fingerprint density at radius 3 is 1.71 bits per heavy atom. The summed E-state index contributed by atoms with van der Waals surface area (Å²) >= 11 is 5.10. The van der Waals surface area contributed by atoms with E-state index in [1.165, 1.54) is 0 Å². The Kier molecular flexibility index (Phi) is 7.74. The molecule has 0 rings (SSSR count). The predicted octanol–water partition coefficient (Wildman–Crippen LogP) is 0.520. The second-order valence-electron chi connectivity index (χ2n) is 3.33. The second-order valence-corrected chi connectivity index (χ2v) is 3.74. The average Bonchev–Trinajstić information content (AvgIpc) is 2.03. The zero-order chi connectivity index (χ0) is 11.0. The van der Waals surface area contributed by atoms with Gasteiger partial charge in [0.1, 0.15) is 0 Å². The summed E-state index contributed by atoms with van der Waals surface area (Å²) in [5.74, 6) is 0. The molecule has 0 spiro atoms. The average molecular weight is 220 g/mol. The molecule has 2 unspecified atom stereocenters. The minimum atomic E-state index is 0.217. The molecule has 0 saturated heterocycles. The van der Waals surface area contributed by atoms with E-state index in [0.29, 0.717) is 18.3 Å². The van der Waals surface area contributed by atoms with Crippen molar-refractivity contribution in [3.63, 3.8) is 0 Å². The number of ether oxygens (including phenoxy) is 2. The van der Waals surface area contributed by atoms with Crippen LogP contribution in [-0.4, -0.2) is 44.6 Å². The predicted molar refractivity (Wildman–Crippen MR) is 61.5 cm³/mol. The normalized spacial score (nSPS) is 14.6. The lowest BCUT2D eigenvalue weighted by Gasteiger charge is -2.19. The molecular weight excluding hydrogens is 200 g/mol. The van der Waals surface area contributed by atoms with Gasteiger partial charge in [0, 0.05) is 26.3 Å². The van der Waals surface area contributed by atoms with Gasteiger partial charge >= 0.3 is 0 Å². The molecule has 0 aromatic heterocycles. The van der Waals surface area contributed by atoms with Gasteiger partial charge in [0.15, 0.2) is 5.11 Å². The van der Waals surface area contributed by atoms with Crippen LogP contribution < -0.4 is 10.6 Å². The number of methoxy groups -OCH3 is 2. The van der Waals surface area contributed by atoms with Gasteiger partial charge in [-0.05, 0) is 26.1 Å². The molecule has 0 aliphatic carbocycles. The van der Waals surface area contributed by atoms with Gasteiger partial charge < -0.3 is 20.1 Å². The molecule has 0 heterocycles. The van der Waals surface area contributed by atoms with E-state index >= 15 is 0 Å². The van der Waals surface area contributed by atoms with Crippen molar-refractivity contribution in [2.75, 3.05) is 27.4 Å². The molecular formula is C9H20N2O2S. The van der Waals surface area contributed by atoms with Crippen LogP contribution in [0.3, 0.4) is 0 Å². The molecule has 0 bridgehead atoms. The van der Waals surface area contributed by atoms with Crippen molar-refractivity contribution in [2.45, 2.75) is 25.9 Å². The molecule has 0 aliphatic rings. The van der Waals surface area contributed by atoms with Crippen molar-refractivity contribution < 1.29 is 9.47 Å². The van der Waals surface area contributed by atoms with Crippen molar-refractivity contribution in [1.29, 1.82) is 0 Å². The Morgan fingerprint density at radius 1 is 1.07 bits per heavy atom. The molecule has 0 aliphatic heterocycles. The van der Waals surface area contributed by atoms with Gasteiger partial charge in [0.05, 0.1) is 13.2 Å². The highest BCUT2D eigenvalue weighted by Crippen LogP contribution is 1.86. The number of thiocarbonyl (C=S) groups is 1. The third-order valence-corrected chi connectivity index (χ3v) is 1.82. The van der Waals surface area contributed by atoms with Crippen molar-refractivity contribution in [3.05, 3.63) is 0 Å². The molecule has 84 valence electrons. The summed E-state index contributed by atoms with van der Waals surface area (Å²) < 4.78 is 9.96. The molecule has 5 heteroatoms. The van der Waals surface area contributed by atoms with Crippen LogP contribution in [0.5, 0.6) is 0 Å². The van der Waals surface area contributed by atoms with Crippen molar-refractivity contribution in [1.82, 2.24) is 10.6 Å². The Morgan fingerprint density at radius 2 is 1.43 bits per heavy atom. The lowest BCUT2D eigenvalue weighted by molar-refractivity contribution is 0.174. The molecule has 14 heavy (non-hydrogen) atoms. The minimum absolute atomic E-state index is 0.217. The Bertz CT molecular complexity index is 151. The van der Waals surface area contributed by atoms with Gasteiger partial charge in [-0.1, -0.05) is 0 Å². The zero-order valence-corrected chi connectivity index (χ0v) is 10.1. The summed E-state index contributed by atoms with van der Waals surface area (Å²) in [6.45, 7) is 5.30. The number of hydrogen-bond donors (Lipinski definition) is 2. The first-order valence-electron chi connectivity index (χ1n) is 4.65. The quantitative estimate of drug-likeness (QED) is 0.639. The van der Waals surface area contributed by atoms with Gasteiger partial charge in [0.2, 0.25) is 0 Å². The summed E-state index contributed by atoms with van der Waals surface area (Å²) in [6.07, 6.45) is 0. The van der Waals surface area contributed by atoms with Crippen LogP contribution in [0.15, 0.2) is 0 Å². The monoisotopic (exact) mass is 220 g/mol. The molecule has 0 aromatic rings. The summed E-state index contributed by atoms with van der Waals surface area (Å²) in [6, 6.07) is 0.435. The Hall–Kier alpha value is -0.390. The lowest BCUT2D eigenvalue weighted by atomic mass is 10.3. The van der Waals surface area contributed by atoms with Gasteiger partial charge in [0.25, 0.3) is 0 Å². The maximum atomic E-state index is 5.10. The fourth-order valence-corrected chi connectivity index (χ4v) is 1.47. The zero-order valence-electron chi connectivity index (χ0n) is 9.29. The standard InChI is InChI=1S/C9H20N2O2S/c1-7(5-12-3)10-9(14)11-8(2)6-13-4/h7-8H,5-6H2,1-4H3,(H2,10,11,14). The van der Waals surface area contributed by atoms with Crippen LogP contribution in [0.2, 0.25) is 0 Å². The van der Waals surface area contributed by atoms with Crippen molar-refractivity contribution in [2.24, 2.45) is 0 Å². The molecule has 0 fully saturated rings. The first-order chi connectivity index (χ1) is 6.60. The fraction of sp³-hybridized carbons (Fsp3) is 0.889. The first-order valence-corrected chi connectivity index (χ1v) is 5.05. The van der Waals surface area contributed by atoms with E-state index < -0.39 is 0 Å². The van der Waals surface area contributed by atoms with E-state index in [9.17, 15) is 0 Å². The van der Waals surface area contributed by atoms with E-state index in [-0.39, 0.29) is 12.1 Å². The third kappa shape index (κ3) is 7.06. The van der Waals surface area contributed by atoms with Crippen LogP contribution in [-0.2, 0) is 9.47 Å². The number of nitrogens with one attached hydrogen (secondary N) is 2. The highest BCUT2D eigenvalue weighted by atomic mass is 32.1. The Labute approximate surface area is 91.3 Å². The third-order valence-electron chi connectivity index (χ3n) is 1.59. The number of rotatable bonds is 6. The van der Waals surface area contributed by atoms with E-state index in [0.717, 1.165) is 0 Å². The van der Waals surface area contributed by atoms with Crippen LogP contribution in [0.25, 0.3) is 0 Å². The van der Waals surface area contributed by atoms with E-state index in [2.05, 4.69) is 10.6 Å². The van der Waals surface area contributed by atoms with Gasteiger partial charge in [-0.3, -0.25) is 0 Å². The van der Waals surface area contributed by atoms with Gasteiger partial charge in [-0.15, -0.1) is 0 Å². The molecule has 2 atom stereocenters. The molecule has 0 aromatic carbocycles. The molecule has 0 saturated carbocycles. The van der Waals surface area contributed by atoms with Crippen LogP contribution >= 0.6 is 12.2 Å². The maximum absolute atomic E-state index is 5.10. The SMILES string of the molecule is COCC(C)NC(=S)NC(C)COC. The van der Waals surface area contributed by atoms with Crippen LogP contribution in [0, 0.1) is 0 Å².